The zero-order valence-electron chi connectivity index (χ0n) is 11.3. The van der Waals surface area contributed by atoms with Gasteiger partial charge in [0.25, 0.3) is 0 Å². The summed E-state index contributed by atoms with van der Waals surface area (Å²) in [7, 11) is 0. The molecule has 0 saturated carbocycles. The van der Waals surface area contributed by atoms with Crippen LogP contribution in [-0.4, -0.2) is 11.7 Å². The predicted molar refractivity (Wildman–Crippen MR) is 83.0 cm³/mol. The maximum atomic E-state index is 13.5. The molecule has 21 heavy (non-hydrogen) atoms. The molecule has 4 heteroatoms. The molecule has 0 bridgehead atoms. The SMILES string of the molecule is OCC#Cc1cc(COCc2ccc(Br)cc2)ccc1F. The van der Waals surface area contributed by atoms with Crippen molar-refractivity contribution in [2.24, 2.45) is 0 Å². The Morgan fingerprint density at radius 2 is 1.71 bits per heavy atom. The topological polar surface area (TPSA) is 29.5 Å². The molecule has 1 N–H and O–H groups in total. The molecule has 0 aliphatic heterocycles. The zero-order valence-corrected chi connectivity index (χ0v) is 12.9. The van der Waals surface area contributed by atoms with Crippen molar-refractivity contribution in [2.45, 2.75) is 13.2 Å². The Morgan fingerprint density at radius 3 is 2.43 bits per heavy atom. The number of aliphatic hydroxyl groups is 1. The van der Waals surface area contributed by atoms with E-state index in [1.807, 2.05) is 24.3 Å². The van der Waals surface area contributed by atoms with Gasteiger partial charge >= 0.3 is 0 Å². The fourth-order valence-corrected chi connectivity index (χ4v) is 2.02. The van der Waals surface area contributed by atoms with E-state index < -0.39 is 5.82 Å². The van der Waals surface area contributed by atoms with Crippen molar-refractivity contribution in [2.75, 3.05) is 6.61 Å². The van der Waals surface area contributed by atoms with Gasteiger partial charge < -0.3 is 9.84 Å². The molecule has 0 aliphatic carbocycles. The Bertz CT molecular complexity index is 657. The largest absolute Gasteiger partial charge is 0.384 e. The van der Waals surface area contributed by atoms with E-state index in [0.717, 1.165) is 15.6 Å². The molecular weight excluding hydrogens is 335 g/mol. The second kappa shape index (κ2) is 7.94. The lowest BCUT2D eigenvalue weighted by Crippen LogP contribution is -1.96. The molecule has 0 unspecified atom stereocenters. The molecule has 2 rings (SSSR count). The number of halogens is 2. The molecule has 0 heterocycles. The quantitative estimate of drug-likeness (QED) is 0.854. The molecule has 0 amide bonds. The molecule has 2 nitrogen and oxygen atoms in total. The molecule has 0 aliphatic rings. The number of benzene rings is 2. The van der Waals surface area contributed by atoms with Crippen LogP contribution < -0.4 is 0 Å². The summed E-state index contributed by atoms with van der Waals surface area (Å²) in [4.78, 5) is 0. The Hall–Kier alpha value is -1.67. The van der Waals surface area contributed by atoms with Gasteiger partial charge in [0.2, 0.25) is 0 Å². The number of hydrogen-bond donors (Lipinski definition) is 1. The highest BCUT2D eigenvalue weighted by Gasteiger charge is 2.02. The zero-order chi connectivity index (χ0) is 15.1. The second-order valence-electron chi connectivity index (χ2n) is 4.39. The third kappa shape index (κ3) is 4.98. The fraction of sp³-hybridized carbons (Fsp3) is 0.176. The van der Waals surface area contributed by atoms with Crippen LogP contribution in [-0.2, 0) is 18.0 Å². The summed E-state index contributed by atoms with van der Waals surface area (Å²) < 4.78 is 20.1. The smallest absolute Gasteiger partial charge is 0.138 e. The van der Waals surface area contributed by atoms with Gasteiger partial charge in [0.05, 0.1) is 18.8 Å². The van der Waals surface area contributed by atoms with Crippen molar-refractivity contribution >= 4 is 15.9 Å². The number of rotatable bonds is 4. The maximum Gasteiger partial charge on any atom is 0.138 e. The first-order valence-corrected chi connectivity index (χ1v) is 7.18. The second-order valence-corrected chi connectivity index (χ2v) is 5.31. The molecule has 108 valence electrons. The minimum atomic E-state index is -0.396. The molecule has 0 spiro atoms. The van der Waals surface area contributed by atoms with E-state index >= 15 is 0 Å². The van der Waals surface area contributed by atoms with Gasteiger partial charge in [-0.05, 0) is 35.4 Å². The first-order valence-electron chi connectivity index (χ1n) is 6.39. The lowest BCUT2D eigenvalue weighted by molar-refractivity contribution is 0.107. The van der Waals surface area contributed by atoms with Crippen molar-refractivity contribution in [1.29, 1.82) is 0 Å². The Kier molecular flexibility index (Phi) is 5.94. The van der Waals surface area contributed by atoms with Crippen molar-refractivity contribution < 1.29 is 14.2 Å². The summed E-state index contributed by atoms with van der Waals surface area (Å²) in [5.41, 5.74) is 2.19. The van der Waals surface area contributed by atoms with Gasteiger partial charge in [-0.15, -0.1) is 0 Å². The molecule has 2 aromatic rings. The van der Waals surface area contributed by atoms with Crippen LogP contribution in [0.1, 0.15) is 16.7 Å². The van der Waals surface area contributed by atoms with Crippen LogP contribution in [0.5, 0.6) is 0 Å². The normalized spacial score (nSPS) is 10.0. The van der Waals surface area contributed by atoms with E-state index in [2.05, 4.69) is 27.8 Å². The van der Waals surface area contributed by atoms with Gasteiger partial charge in [0.1, 0.15) is 12.4 Å². The number of ether oxygens (including phenoxy) is 1. The first kappa shape index (κ1) is 15.7. The third-order valence-electron chi connectivity index (χ3n) is 2.78. The predicted octanol–water partition coefficient (Wildman–Crippen LogP) is 3.65. The summed E-state index contributed by atoms with van der Waals surface area (Å²) in [6, 6.07) is 12.5. The molecule has 0 atom stereocenters. The van der Waals surface area contributed by atoms with E-state index in [9.17, 15) is 4.39 Å². The van der Waals surface area contributed by atoms with E-state index in [4.69, 9.17) is 9.84 Å². The van der Waals surface area contributed by atoms with Crippen LogP contribution in [0.4, 0.5) is 4.39 Å². The summed E-state index contributed by atoms with van der Waals surface area (Å²) >= 11 is 3.38. The molecule has 0 aromatic heterocycles. The summed E-state index contributed by atoms with van der Waals surface area (Å²) in [5, 5.41) is 8.65. The van der Waals surface area contributed by atoms with Gasteiger partial charge in [-0.2, -0.15) is 0 Å². The highest BCUT2D eigenvalue weighted by atomic mass is 79.9. The minimum Gasteiger partial charge on any atom is -0.384 e. The van der Waals surface area contributed by atoms with Crippen LogP contribution in [0.3, 0.4) is 0 Å². The third-order valence-corrected chi connectivity index (χ3v) is 3.31. The van der Waals surface area contributed by atoms with Gasteiger partial charge in [-0.3, -0.25) is 0 Å². The van der Waals surface area contributed by atoms with Crippen molar-refractivity contribution in [1.82, 2.24) is 0 Å². The number of hydrogen-bond acceptors (Lipinski definition) is 2. The highest BCUT2D eigenvalue weighted by molar-refractivity contribution is 9.10. The molecular formula is C17H14BrFO2. The van der Waals surface area contributed by atoms with Crippen LogP contribution in [0, 0.1) is 17.7 Å². The standard InChI is InChI=1S/C17H14BrFO2/c18-16-6-3-13(4-7-16)11-21-12-14-5-8-17(19)15(10-14)2-1-9-20/h3-8,10,20H,9,11-12H2. The van der Waals surface area contributed by atoms with E-state index in [-0.39, 0.29) is 12.2 Å². The summed E-state index contributed by atoms with van der Waals surface area (Å²) in [6.45, 7) is 0.580. The van der Waals surface area contributed by atoms with E-state index in [1.54, 1.807) is 12.1 Å². The lowest BCUT2D eigenvalue weighted by atomic mass is 10.1. The molecule has 0 radical (unpaired) electrons. The van der Waals surface area contributed by atoms with Crippen molar-refractivity contribution in [3.8, 4) is 11.8 Å². The lowest BCUT2D eigenvalue weighted by Gasteiger charge is -2.06. The summed E-state index contributed by atoms with van der Waals surface area (Å²) in [5.74, 6) is 4.63. The fourth-order valence-electron chi connectivity index (χ4n) is 1.76. The minimum absolute atomic E-state index is 0.272. The van der Waals surface area contributed by atoms with Crippen LogP contribution in [0.2, 0.25) is 0 Å². The number of aliphatic hydroxyl groups excluding tert-OH is 1. The van der Waals surface area contributed by atoms with E-state index in [1.165, 1.54) is 6.07 Å². The molecule has 0 saturated heterocycles. The Balaban J connectivity index is 1.95. The highest BCUT2D eigenvalue weighted by Crippen LogP contribution is 2.14. The van der Waals surface area contributed by atoms with Crippen molar-refractivity contribution in [3.63, 3.8) is 0 Å². The van der Waals surface area contributed by atoms with Crippen molar-refractivity contribution in [3.05, 3.63) is 69.4 Å². The van der Waals surface area contributed by atoms with Gasteiger partial charge in [-0.25, -0.2) is 4.39 Å². The van der Waals surface area contributed by atoms with Crippen LogP contribution in [0.15, 0.2) is 46.9 Å². The molecule has 0 fully saturated rings. The average Bonchev–Trinajstić information content (AvgIpc) is 2.49. The van der Waals surface area contributed by atoms with Gasteiger partial charge in [0, 0.05) is 4.47 Å². The van der Waals surface area contributed by atoms with E-state index in [0.29, 0.717) is 13.2 Å². The maximum absolute atomic E-state index is 13.5. The Morgan fingerprint density at radius 1 is 1.05 bits per heavy atom. The average molecular weight is 349 g/mol. The van der Waals surface area contributed by atoms with Gasteiger partial charge in [-0.1, -0.05) is 46.0 Å². The first-order chi connectivity index (χ1) is 10.2. The Labute approximate surface area is 131 Å². The van der Waals surface area contributed by atoms with Gasteiger partial charge in [0.15, 0.2) is 0 Å². The molecule has 2 aromatic carbocycles. The summed E-state index contributed by atoms with van der Waals surface area (Å²) in [6.07, 6.45) is 0. The van der Waals surface area contributed by atoms with Crippen LogP contribution >= 0.6 is 15.9 Å². The van der Waals surface area contributed by atoms with Crippen LogP contribution in [0.25, 0.3) is 0 Å². The monoisotopic (exact) mass is 348 g/mol.